The average molecular weight is 338 g/mol. The van der Waals surface area contributed by atoms with Gasteiger partial charge in [-0.05, 0) is 18.7 Å². The van der Waals surface area contributed by atoms with Gasteiger partial charge < -0.3 is 10.1 Å². The highest BCUT2D eigenvalue weighted by atomic mass is 16.5. The van der Waals surface area contributed by atoms with Gasteiger partial charge in [0.15, 0.2) is 11.5 Å². The van der Waals surface area contributed by atoms with Crippen LogP contribution in [-0.2, 0) is 4.74 Å². The van der Waals surface area contributed by atoms with Gasteiger partial charge in [0.25, 0.3) is 0 Å². The SMILES string of the molecule is CCN1CCO[C@H](CNc2ccc3nnc(-c4ccccc4)n3n2)C1. The van der Waals surface area contributed by atoms with Crippen molar-refractivity contribution in [2.45, 2.75) is 13.0 Å². The number of benzene rings is 1. The van der Waals surface area contributed by atoms with E-state index in [0.717, 1.165) is 55.6 Å². The van der Waals surface area contributed by atoms with Gasteiger partial charge in [-0.25, -0.2) is 0 Å². The largest absolute Gasteiger partial charge is 0.374 e. The zero-order chi connectivity index (χ0) is 17.1. The summed E-state index contributed by atoms with van der Waals surface area (Å²) in [6, 6.07) is 13.8. The summed E-state index contributed by atoms with van der Waals surface area (Å²) in [4.78, 5) is 2.40. The van der Waals surface area contributed by atoms with Crippen LogP contribution in [0.4, 0.5) is 5.82 Å². The number of anilines is 1. The molecular weight excluding hydrogens is 316 g/mol. The molecule has 1 aliphatic heterocycles. The number of hydrogen-bond donors (Lipinski definition) is 1. The predicted octanol–water partition coefficient (Wildman–Crippen LogP) is 1.92. The van der Waals surface area contributed by atoms with Crippen molar-refractivity contribution in [1.29, 1.82) is 0 Å². The monoisotopic (exact) mass is 338 g/mol. The summed E-state index contributed by atoms with van der Waals surface area (Å²) in [5.41, 5.74) is 1.73. The average Bonchev–Trinajstić information content (AvgIpc) is 3.10. The van der Waals surface area contributed by atoms with Crippen molar-refractivity contribution < 1.29 is 4.74 Å². The second-order valence-corrected chi connectivity index (χ2v) is 6.15. The van der Waals surface area contributed by atoms with E-state index < -0.39 is 0 Å². The molecule has 2 aromatic heterocycles. The third-order valence-corrected chi connectivity index (χ3v) is 4.48. The predicted molar refractivity (Wildman–Crippen MR) is 96.6 cm³/mol. The molecule has 7 heteroatoms. The summed E-state index contributed by atoms with van der Waals surface area (Å²) in [6.45, 7) is 6.73. The Morgan fingerprint density at radius 1 is 1.16 bits per heavy atom. The number of morpholine rings is 1. The first kappa shape index (κ1) is 16.0. The first-order valence-corrected chi connectivity index (χ1v) is 8.69. The molecule has 25 heavy (non-hydrogen) atoms. The lowest BCUT2D eigenvalue weighted by molar-refractivity contribution is -0.0192. The van der Waals surface area contributed by atoms with Crippen LogP contribution in [0.15, 0.2) is 42.5 Å². The molecule has 0 aliphatic carbocycles. The van der Waals surface area contributed by atoms with E-state index in [0.29, 0.717) is 0 Å². The molecule has 0 unspecified atom stereocenters. The minimum Gasteiger partial charge on any atom is -0.374 e. The van der Waals surface area contributed by atoms with Gasteiger partial charge in [-0.15, -0.1) is 15.3 Å². The van der Waals surface area contributed by atoms with Crippen molar-refractivity contribution in [1.82, 2.24) is 24.7 Å². The topological polar surface area (TPSA) is 67.6 Å². The van der Waals surface area contributed by atoms with Crippen molar-refractivity contribution in [2.75, 3.05) is 38.1 Å². The van der Waals surface area contributed by atoms with Gasteiger partial charge in [-0.3, -0.25) is 4.90 Å². The highest BCUT2D eigenvalue weighted by Crippen LogP contribution is 2.18. The van der Waals surface area contributed by atoms with Gasteiger partial charge in [0.05, 0.1) is 12.7 Å². The lowest BCUT2D eigenvalue weighted by Crippen LogP contribution is -2.45. The van der Waals surface area contributed by atoms with E-state index in [-0.39, 0.29) is 6.10 Å². The maximum atomic E-state index is 5.83. The third kappa shape index (κ3) is 3.47. The molecule has 1 atom stereocenters. The third-order valence-electron chi connectivity index (χ3n) is 4.48. The van der Waals surface area contributed by atoms with Gasteiger partial charge >= 0.3 is 0 Å². The number of likely N-dealkylation sites (N-methyl/N-ethyl adjacent to an activating group) is 1. The van der Waals surface area contributed by atoms with Gasteiger partial charge in [0.2, 0.25) is 0 Å². The molecular formula is C18H22N6O. The van der Waals surface area contributed by atoms with E-state index in [1.807, 2.05) is 42.5 Å². The minimum atomic E-state index is 0.181. The minimum absolute atomic E-state index is 0.181. The van der Waals surface area contributed by atoms with E-state index in [2.05, 4.69) is 32.4 Å². The van der Waals surface area contributed by atoms with E-state index in [1.54, 1.807) is 4.52 Å². The molecule has 4 rings (SSSR count). The second kappa shape index (κ2) is 7.16. The van der Waals surface area contributed by atoms with Gasteiger partial charge in [0.1, 0.15) is 5.82 Å². The lowest BCUT2D eigenvalue weighted by Gasteiger charge is -2.32. The molecule has 0 radical (unpaired) electrons. The van der Waals surface area contributed by atoms with Crippen molar-refractivity contribution in [3.8, 4) is 11.4 Å². The first-order chi connectivity index (χ1) is 12.3. The summed E-state index contributed by atoms with van der Waals surface area (Å²) in [5, 5.41) is 16.5. The summed E-state index contributed by atoms with van der Waals surface area (Å²) in [6.07, 6.45) is 0.181. The van der Waals surface area contributed by atoms with E-state index >= 15 is 0 Å². The van der Waals surface area contributed by atoms with Gasteiger partial charge in [0, 0.05) is 25.2 Å². The van der Waals surface area contributed by atoms with Crippen molar-refractivity contribution in [3.63, 3.8) is 0 Å². The van der Waals surface area contributed by atoms with Crippen LogP contribution < -0.4 is 5.32 Å². The molecule has 1 fully saturated rings. The Morgan fingerprint density at radius 2 is 2.04 bits per heavy atom. The fourth-order valence-corrected chi connectivity index (χ4v) is 3.06. The number of fused-ring (bicyclic) bond motifs is 1. The van der Waals surface area contributed by atoms with Gasteiger partial charge in [-0.1, -0.05) is 37.3 Å². The van der Waals surface area contributed by atoms with Gasteiger partial charge in [-0.2, -0.15) is 4.52 Å². The number of rotatable bonds is 5. The summed E-state index contributed by atoms with van der Waals surface area (Å²) < 4.78 is 7.61. The molecule has 0 spiro atoms. The smallest absolute Gasteiger partial charge is 0.185 e. The molecule has 1 N–H and O–H groups in total. The van der Waals surface area contributed by atoms with Crippen LogP contribution in [0.3, 0.4) is 0 Å². The Balaban J connectivity index is 1.51. The molecule has 0 bridgehead atoms. The Kier molecular flexibility index (Phi) is 4.58. The standard InChI is InChI=1S/C18H22N6O/c1-2-23-10-11-25-15(13-23)12-19-16-8-9-17-20-21-18(24(17)22-16)14-6-4-3-5-7-14/h3-9,15H,2,10-13H2,1H3,(H,19,22)/t15-/m1/s1. The van der Waals surface area contributed by atoms with E-state index in [9.17, 15) is 0 Å². The van der Waals surface area contributed by atoms with Crippen LogP contribution in [-0.4, -0.2) is 63.6 Å². The maximum absolute atomic E-state index is 5.83. The first-order valence-electron chi connectivity index (χ1n) is 8.69. The molecule has 3 aromatic rings. The van der Waals surface area contributed by atoms with Crippen LogP contribution in [0.1, 0.15) is 6.92 Å². The molecule has 130 valence electrons. The highest BCUT2D eigenvalue weighted by molar-refractivity contribution is 5.59. The molecule has 3 heterocycles. The number of nitrogens with one attached hydrogen (secondary N) is 1. The number of ether oxygens (including phenoxy) is 1. The summed E-state index contributed by atoms with van der Waals surface area (Å²) in [5.74, 6) is 1.53. The highest BCUT2D eigenvalue weighted by Gasteiger charge is 2.19. The molecule has 1 aliphatic rings. The maximum Gasteiger partial charge on any atom is 0.185 e. The van der Waals surface area contributed by atoms with Crippen molar-refractivity contribution >= 4 is 11.5 Å². The normalized spacial score (nSPS) is 18.5. The van der Waals surface area contributed by atoms with E-state index in [1.165, 1.54) is 0 Å². The fraction of sp³-hybridized carbons (Fsp3) is 0.389. The quantitative estimate of drug-likeness (QED) is 0.767. The lowest BCUT2D eigenvalue weighted by atomic mass is 10.2. The molecule has 0 saturated carbocycles. The Bertz CT molecular complexity index is 834. The summed E-state index contributed by atoms with van der Waals surface area (Å²) >= 11 is 0. The number of nitrogens with zero attached hydrogens (tertiary/aromatic N) is 5. The zero-order valence-corrected chi connectivity index (χ0v) is 14.3. The molecule has 1 saturated heterocycles. The fourth-order valence-electron chi connectivity index (χ4n) is 3.06. The van der Waals surface area contributed by atoms with Crippen LogP contribution in [0.2, 0.25) is 0 Å². The summed E-state index contributed by atoms with van der Waals surface area (Å²) in [7, 11) is 0. The van der Waals surface area contributed by atoms with Crippen LogP contribution in [0, 0.1) is 0 Å². The van der Waals surface area contributed by atoms with Crippen molar-refractivity contribution in [2.24, 2.45) is 0 Å². The van der Waals surface area contributed by atoms with Crippen LogP contribution in [0.25, 0.3) is 17.0 Å². The molecule has 1 aromatic carbocycles. The number of aromatic nitrogens is 4. The Morgan fingerprint density at radius 3 is 2.88 bits per heavy atom. The second-order valence-electron chi connectivity index (χ2n) is 6.15. The number of hydrogen-bond acceptors (Lipinski definition) is 6. The zero-order valence-electron chi connectivity index (χ0n) is 14.3. The van der Waals surface area contributed by atoms with Crippen LogP contribution >= 0.6 is 0 Å². The Hall–Kier alpha value is -2.51. The molecule has 7 nitrogen and oxygen atoms in total. The molecule has 0 amide bonds. The van der Waals surface area contributed by atoms with Crippen LogP contribution in [0.5, 0.6) is 0 Å². The van der Waals surface area contributed by atoms with Crippen molar-refractivity contribution in [3.05, 3.63) is 42.5 Å². The van der Waals surface area contributed by atoms with E-state index in [4.69, 9.17) is 4.74 Å². The Labute approximate surface area is 146 Å².